The normalized spacial score (nSPS) is 14.6. The van der Waals surface area contributed by atoms with Gasteiger partial charge in [-0.2, -0.15) is 0 Å². The van der Waals surface area contributed by atoms with E-state index in [0.29, 0.717) is 44.4 Å². The molecule has 1 saturated heterocycles. The van der Waals surface area contributed by atoms with Gasteiger partial charge in [0.15, 0.2) is 0 Å². The van der Waals surface area contributed by atoms with Gasteiger partial charge in [-0.1, -0.05) is 29.8 Å². The number of aromatic nitrogens is 2. The van der Waals surface area contributed by atoms with Crippen LogP contribution in [-0.4, -0.2) is 47.1 Å². The van der Waals surface area contributed by atoms with Crippen LogP contribution < -0.4 is 5.32 Å². The van der Waals surface area contributed by atoms with Crippen molar-refractivity contribution in [3.8, 4) is 0 Å². The molecule has 1 N–H and O–H groups in total. The fraction of sp³-hybridized carbons (Fsp3) is 0.353. The molecule has 0 atom stereocenters. The van der Waals surface area contributed by atoms with Crippen LogP contribution >= 0.6 is 0 Å². The van der Waals surface area contributed by atoms with Gasteiger partial charge in [0.2, 0.25) is 0 Å². The van der Waals surface area contributed by atoms with E-state index in [4.69, 9.17) is 4.74 Å². The van der Waals surface area contributed by atoms with Gasteiger partial charge < -0.3 is 15.0 Å². The first-order valence-electron chi connectivity index (χ1n) is 7.71. The number of nitrogens with one attached hydrogen (secondary N) is 1. The van der Waals surface area contributed by atoms with Gasteiger partial charge in [0.25, 0.3) is 5.91 Å². The molecular weight excluding hydrogens is 292 g/mol. The highest BCUT2D eigenvalue weighted by molar-refractivity contribution is 5.92. The largest absolute Gasteiger partial charge is 0.378 e. The molecule has 23 heavy (non-hydrogen) atoms. The van der Waals surface area contributed by atoms with Gasteiger partial charge in [-0.3, -0.25) is 4.79 Å². The first-order chi connectivity index (χ1) is 11.2. The van der Waals surface area contributed by atoms with E-state index in [1.807, 2.05) is 6.07 Å². The summed E-state index contributed by atoms with van der Waals surface area (Å²) in [6.45, 7) is 5.11. The Morgan fingerprint density at radius 3 is 2.78 bits per heavy atom. The number of amides is 1. The average molecular weight is 312 g/mol. The van der Waals surface area contributed by atoms with Crippen molar-refractivity contribution < 1.29 is 9.53 Å². The second-order valence-electron chi connectivity index (χ2n) is 5.53. The fourth-order valence-electron chi connectivity index (χ4n) is 2.47. The number of nitrogens with zero attached hydrogens (tertiary/aromatic N) is 3. The molecule has 6 heteroatoms. The Kier molecular flexibility index (Phi) is 4.83. The number of benzene rings is 1. The van der Waals surface area contributed by atoms with Crippen molar-refractivity contribution >= 4 is 11.7 Å². The van der Waals surface area contributed by atoms with Crippen molar-refractivity contribution in [3.63, 3.8) is 0 Å². The molecule has 0 bridgehead atoms. The van der Waals surface area contributed by atoms with Gasteiger partial charge in [0.1, 0.15) is 11.5 Å². The zero-order valence-electron chi connectivity index (χ0n) is 13.2. The van der Waals surface area contributed by atoms with Crippen LogP contribution in [0.4, 0.5) is 5.82 Å². The zero-order chi connectivity index (χ0) is 16.1. The lowest BCUT2D eigenvalue weighted by molar-refractivity contribution is 0.0298. The predicted molar refractivity (Wildman–Crippen MR) is 87.3 cm³/mol. The molecule has 0 spiro atoms. The summed E-state index contributed by atoms with van der Waals surface area (Å²) in [7, 11) is 0. The number of carbonyl (C=O) groups excluding carboxylic acids is 1. The summed E-state index contributed by atoms with van der Waals surface area (Å²) in [4.78, 5) is 22.5. The van der Waals surface area contributed by atoms with Crippen molar-refractivity contribution in [1.82, 2.24) is 14.9 Å². The minimum Gasteiger partial charge on any atom is -0.378 e. The molecule has 0 aliphatic carbocycles. The minimum atomic E-state index is -0.0916. The Labute approximate surface area is 135 Å². The third-order valence-corrected chi connectivity index (χ3v) is 3.73. The standard InChI is InChI=1S/C17H20N4O2/c1-13-3-2-4-14(9-13)10-19-16-12-18-15(11-20-16)17(22)21-5-7-23-8-6-21/h2-4,9,11-12H,5-8,10H2,1H3,(H,19,20). The van der Waals surface area contributed by atoms with Gasteiger partial charge in [-0.25, -0.2) is 9.97 Å². The first kappa shape index (κ1) is 15.4. The third-order valence-electron chi connectivity index (χ3n) is 3.73. The zero-order valence-corrected chi connectivity index (χ0v) is 13.2. The van der Waals surface area contributed by atoms with Crippen molar-refractivity contribution in [2.75, 3.05) is 31.6 Å². The van der Waals surface area contributed by atoms with E-state index in [0.717, 1.165) is 0 Å². The number of hydrogen-bond acceptors (Lipinski definition) is 5. The Morgan fingerprint density at radius 2 is 2.09 bits per heavy atom. The van der Waals surface area contributed by atoms with Crippen LogP contribution in [0.15, 0.2) is 36.7 Å². The number of anilines is 1. The second-order valence-corrected chi connectivity index (χ2v) is 5.53. The van der Waals surface area contributed by atoms with Crippen LogP contribution in [0.1, 0.15) is 21.6 Å². The summed E-state index contributed by atoms with van der Waals surface area (Å²) in [5.74, 6) is 0.566. The Balaban J connectivity index is 1.59. The lowest BCUT2D eigenvalue weighted by Gasteiger charge is -2.26. The number of hydrogen-bond donors (Lipinski definition) is 1. The molecule has 120 valence electrons. The Bertz CT molecular complexity index is 667. The van der Waals surface area contributed by atoms with E-state index in [9.17, 15) is 4.79 Å². The topological polar surface area (TPSA) is 67.4 Å². The molecule has 1 aliphatic rings. The quantitative estimate of drug-likeness (QED) is 0.933. The molecule has 2 heterocycles. The lowest BCUT2D eigenvalue weighted by atomic mass is 10.1. The maximum absolute atomic E-state index is 12.3. The van der Waals surface area contributed by atoms with Crippen LogP contribution in [0, 0.1) is 6.92 Å². The van der Waals surface area contributed by atoms with Crippen molar-refractivity contribution in [2.45, 2.75) is 13.5 Å². The molecule has 3 rings (SSSR count). The summed E-state index contributed by atoms with van der Waals surface area (Å²) < 4.78 is 5.25. The third kappa shape index (κ3) is 4.04. The molecule has 2 aromatic rings. The lowest BCUT2D eigenvalue weighted by Crippen LogP contribution is -2.41. The van der Waals surface area contributed by atoms with E-state index in [1.54, 1.807) is 11.1 Å². The molecule has 1 amide bonds. The highest BCUT2D eigenvalue weighted by Crippen LogP contribution is 2.09. The molecule has 0 unspecified atom stereocenters. The maximum atomic E-state index is 12.3. The van der Waals surface area contributed by atoms with Gasteiger partial charge in [0.05, 0.1) is 25.6 Å². The molecule has 6 nitrogen and oxygen atoms in total. The Hall–Kier alpha value is -2.47. The van der Waals surface area contributed by atoms with E-state index in [-0.39, 0.29) is 5.91 Å². The SMILES string of the molecule is Cc1cccc(CNc2cnc(C(=O)N3CCOCC3)cn2)c1. The van der Waals surface area contributed by atoms with E-state index >= 15 is 0 Å². The minimum absolute atomic E-state index is 0.0916. The summed E-state index contributed by atoms with van der Waals surface area (Å²) in [6, 6.07) is 8.28. The summed E-state index contributed by atoms with van der Waals surface area (Å²) in [6.07, 6.45) is 3.12. The first-order valence-corrected chi connectivity index (χ1v) is 7.71. The predicted octanol–water partition coefficient (Wildman–Crippen LogP) is 1.87. The molecule has 0 radical (unpaired) electrons. The monoisotopic (exact) mass is 312 g/mol. The number of ether oxygens (including phenoxy) is 1. The Morgan fingerprint density at radius 1 is 1.26 bits per heavy atom. The number of aryl methyl sites for hydroxylation is 1. The maximum Gasteiger partial charge on any atom is 0.274 e. The number of carbonyl (C=O) groups is 1. The van der Waals surface area contributed by atoms with Gasteiger partial charge in [-0.15, -0.1) is 0 Å². The van der Waals surface area contributed by atoms with Gasteiger partial charge >= 0.3 is 0 Å². The average Bonchev–Trinajstić information content (AvgIpc) is 2.61. The summed E-state index contributed by atoms with van der Waals surface area (Å²) >= 11 is 0. The smallest absolute Gasteiger partial charge is 0.274 e. The van der Waals surface area contributed by atoms with E-state index in [2.05, 4.69) is 40.4 Å². The fourth-order valence-corrected chi connectivity index (χ4v) is 2.47. The highest BCUT2D eigenvalue weighted by Gasteiger charge is 2.19. The van der Waals surface area contributed by atoms with Crippen LogP contribution in [0.5, 0.6) is 0 Å². The molecule has 1 aromatic heterocycles. The molecule has 0 saturated carbocycles. The van der Waals surface area contributed by atoms with Crippen molar-refractivity contribution in [1.29, 1.82) is 0 Å². The van der Waals surface area contributed by atoms with Crippen LogP contribution in [-0.2, 0) is 11.3 Å². The summed E-state index contributed by atoms with van der Waals surface area (Å²) in [5, 5.41) is 3.22. The van der Waals surface area contributed by atoms with Crippen molar-refractivity contribution in [2.24, 2.45) is 0 Å². The van der Waals surface area contributed by atoms with Gasteiger partial charge in [-0.05, 0) is 12.5 Å². The number of rotatable bonds is 4. The molecular formula is C17H20N4O2. The molecule has 1 aliphatic heterocycles. The second kappa shape index (κ2) is 7.19. The highest BCUT2D eigenvalue weighted by atomic mass is 16.5. The number of morpholine rings is 1. The van der Waals surface area contributed by atoms with Gasteiger partial charge in [0, 0.05) is 19.6 Å². The van der Waals surface area contributed by atoms with Crippen LogP contribution in [0.25, 0.3) is 0 Å². The van der Waals surface area contributed by atoms with E-state index in [1.165, 1.54) is 17.3 Å². The molecule has 1 fully saturated rings. The van der Waals surface area contributed by atoms with Crippen molar-refractivity contribution in [3.05, 3.63) is 53.5 Å². The summed E-state index contributed by atoms with van der Waals surface area (Å²) in [5.41, 5.74) is 2.77. The van der Waals surface area contributed by atoms with Crippen LogP contribution in [0.3, 0.4) is 0 Å². The van der Waals surface area contributed by atoms with Crippen LogP contribution in [0.2, 0.25) is 0 Å². The molecule has 1 aromatic carbocycles. The van der Waals surface area contributed by atoms with E-state index < -0.39 is 0 Å².